The van der Waals surface area contributed by atoms with Gasteiger partial charge in [0.1, 0.15) is 17.7 Å². The summed E-state index contributed by atoms with van der Waals surface area (Å²) in [6.07, 6.45) is 1.16. The third-order valence-electron chi connectivity index (χ3n) is 10.00. The molecule has 0 bridgehead atoms. The molecule has 0 aromatic heterocycles. The highest BCUT2D eigenvalue weighted by molar-refractivity contribution is 6.78. The van der Waals surface area contributed by atoms with Crippen LogP contribution >= 0.6 is 0 Å². The number of nitrogens with zero attached hydrogens (tertiary/aromatic N) is 1. The smallest absolute Gasteiger partial charge is 0.340 e. The highest BCUT2D eigenvalue weighted by Crippen LogP contribution is 2.48. The van der Waals surface area contributed by atoms with Gasteiger partial charge in [-0.3, -0.25) is 0 Å². The Hall–Kier alpha value is -3.20. The summed E-state index contributed by atoms with van der Waals surface area (Å²) < 4.78 is 38.9. The third kappa shape index (κ3) is 8.64. The van der Waals surface area contributed by atoms with Gasteiger partial charge in [-0.15, -0.1) is 0 Å². The van der Waals surface area contributed by atoms with Gasteiger partial charge in [0.2, 0.25) is 0 Å². The normalized spacial score (nSPS) is 16.0. The lowest BCUT2D eigenvalue weighted by molar-refractivity contribution is -0.166. The fourth-order valence-corrected chi connectivity index (χ4v) is 12.9. The van der Waals surface area contributed by atoms with Crippen molar-refractivity contribution in [3.8, 4) is 11.5 Å². The number of hydrogen-bond donors (Lipinski definition) is 0. The van der Waals surface area contributed by atoms with Crippen LogP contribution < -0.4 is 9.16 Å². The van der Waals surface area contributed by atoms with E-state index >= 15 is 0 Å². The molecule has 0 N–H and O–H groups in total. The number of benzene rings is 3. The molecule has 1 unspecified atom stereocenters. The number of para-hydroxylation sites is 1. The summed E-state index contributed by atoms with van der Waals surface area (Å²) >= 11 is 0. The van der Waals surface area contributed by atoms with Crippen LogP contribution in [0.2, 0.25) is 16.6 Å². The second kappa shape index (κ2) is 16.8. The molecule has 1 heterocycles. The minimum atomic E-state index is -2.30. The van der Waals surface area contributed by atoms with Crippen LogP contribution in [0.25, 0.3) is 0 Å². The van der Waals surface area contributed by atoms with Crippen molar-refractivity contribution >= 4 is 14.3 Å². The van der Waals surface area contributed by atoms with E-state index < -0.39 is 26.5 Å². The predicted octanol–water partition coefficient (Wildman–Crippen LogP) is 9.32. The van der Waals surface area contributed by atoms with Crippen LogP contribution in [0.5, 0.6) is 11.5 Å². The molecule has 3 aromatic carbocycles. The molecule has 1 saturated heterocycles. The molecular formula is C39H54FNO5Si. The average Bonchev–Trinajstić information content (AvgIpc) is 3.06. The molecule has 1 fully saturated rings. The first-order chi connectivity index (χ1) is 22.5. The molecule has 1 aliphatic rings. The van der Waals surface area contributed by atoms with Crippen molar-refractivity contribution in [2.24, 2.45) is 5.92 Å². The van der Waals surface area contributed by atoms with Gasteiger partial charge >= 0.3 is 5.97 Å². The second-order valence-electron chi connectivity index (χ2n) is 13.7. The summed E-state index contributed by atoms with van der Waals surface area (Å²) in [5.74, 6) is 0.786. The molecule has 2 atom stereocenters. The summed E-state index contributed by atoms with van der Waals surface area (Å²) in [5.41, 5.74) is 3.86. The lowest BCUT2D eigenvalue weighted by Crippen LogP contribution is -2.50. The van der Waals surface area contributed by atoms with Gasteiger partial charge in [-0.05, 0) is 78.3 Å². The lowest BCUT2D eigenvalue weighted by Gasteiger charge is -2.43. The van der Waals surface area contributed by atoms with Gasteiger partial charge in [0.25, 0.3) is 8.32 Å². The van der Waals surface area contributed by atoms with Crippen LogP contribution in [-0.4, -0.2) is 53.0 Å². The summed E-state index contributed by atoms with van der Waals surface area (Å²) in [6, 6.07) is 22.2. The van der Waals surface area contributed by atoms with Crippen molar-refractivity contribution in [2.45, 2.75) is 89.6 Å². The van der Waals surface area contributed by atoms with Crippen LogP contribution in [-0.2, 0) is 20.7 Å². The van der Waals surface area contributed by atoms with Gasteiger partial charge in [-0.25, -0.2) is 9.18 Å². The maximum atomic E-state index is 13.9. The number of esters is 1. The van der Waals surface area contributed by atoms with Crippen molar-refractivity contribution in [2.75, 3.05) is 33.9 Å². The quantitative estimate of drug-likeness (QED) is 0.119. The van der Waals surface area contributed by atoms with Gasteiger partial charge < -0.3 is 23.5 Å². The summed E-state index contributed by atoms with van der Waals surface area (Å²) in [4.78, 5) is 16.3. The number of ether oxygens (including phenoxy) is 3. The molecule has 4 rings (SSSR count). The molecule has 0 amide bonds. The number of rotatable bonds is 15. The monoisotopic (exact) mass is 663 g/mol. The van der Waals surface area contributed by atoms with E-state index in [9.17, 15) is 9.18 Å². The van der Waals surface area contributed by atoms with Crippen molar-refractivity contribution in [1.29, 1.82) is 0 Å². The summed E-state index contributed by atoms with van der Waals surface area (Å²) in [7, 11) is 0.915. The Morgan fingerprint density at radius 1 is 0.851 bits per heavy atom. The lowest BCUT2D eigenvalue weighted by atomic mass is 9.86. The van der Waals surface area contributed by atoms with Gasteiger partial charge in [0.05, 0.1) is 7.11 Å². The van der Waals surface area contributed by atoms with E-state index in [1.165, 1.54) is 19.2 Å². The van der Waals surface area contributed by atoms with E-state index in [1.807, 2.05) is 60.7 Å². The minimum Gasteiger partial charge on any atom is -0.540 e. The van der Waals surface area contributed by atoms with E-state index in [0.29, 0.717) is 22.4 Å². The van der Waals surface area contributed by atoms with Gasteiger partial charge in [0, 0.05) is 25.1 Å². The van der Waals surface area contributed by atoms with E-state index in [4.69, 9.17) is 18.6 Å². The number of methoxy groups -OCH3 is 2. The average molecular weight is 664 g/mol. The van der Waals surface area contributed by atoms with Crippen molar-refractivity contribution in [1.82, 2.24) is 4.90 Å². The zero-order valence-corrected chi connectivity index (χ0v) is 30.5. The first-order valence-electron chi connectivity index (χ1n) is 17.1. The highest BCUT2D eigenvalue weighted by Gasteiger charge is 2.48. The maximum Gasteiger partial charge on any atom is 0.340 e. The summed E-state index contributed by atoms with van der Waals surface area (Å²) in [6.45, 7) is 16.2. The SMILES string of the molecule is COc1c(O[Si](C(C)C)(C(C)C)C(C)C)cccc1C(OC(=O)[C@@H](OC)c1ccccc1)C1CCN(CCc2ccc(F)cc2)CC1. The number of carbonyl (C=O) groups is 1. The molecular weight excluding hydrogens is 610 g/mol. The van der Waals surface area contributed by atoms with Crippen LogP contribution in [0.4, 0.5) is 4.39 Å². The van der Waals surface area contributed by atoms with E-state index in [1.54, 1.807) is 7.11 Å². The molecule has 0 radical (unpaired) electrons. The van der Waals surface area contributed by atoms with Crippen LogP contribution in [0.3, 0.4) is 0 Å². The zero-order chi connectivity index (χ0) is 34.1. The molecule has 0 spiro atoms. The predicted molar refractivity (Wildman–Crippen MR) is 189 cm³/mol. The third-order valence-corrected chi connectivity index (χ3v) is 16.0. The number of carbonyl (C=O) groups excluding carboxylic acids is 1. The first kappa shape index (κ1) is 36.6. The van der Waals surface area contributed by atoms with E-state index in [0.717, 1.165) is 61.3 Å². The van der Waals surface area contributed by atoms with Crippen LogP contribution in [0.1, 0.15) is 83.3 Å². The molecule has 47 heavy (non-hydrogen) atoms. The van der Waals surface area contributed by atoms with Crippen molar-refractivity contribution in [3.63, 3.8) is 0 Å². The number of halogens is 1. The maximum absolute atomic E-state index is 13.9. The Labute approximate surface area is 282 Å². The Morgan fingerprint density at radius 3 is 2.02 bits per heavy atom. The zero-order valence-electron chi connectivity index (χ0n) is 29.5. The molecule has 6 nitrogen and oxygen atoms in total. The van der Waals surface area contributed by atoms with E-state index in [2.05, 4.69) is 46.4 Å². The topological polar surface area (TPSA) is 57.2 Å². The Morgan fingerprint density at radius 2 is 1.47 bits per heavy atom. The second-order valence-corrected chi connectivity index (χ2v) is 19.1. The first-order valence-corrected chi connectivity index (χ1v) is 19.3. The summed E-state index contributed by atoms with van der Waals surface area (Å²) in [5, 5.41) is 0. The number of hydrogen-bond acceptors (Lipinski definition) is 6. The molecule has 1 aliphatic heterocycles. The molecule has 3 aromatic rings. The largest absolute Gasteiger partial charge is 0.540 e. The minimum absolute atomic E-state index is 0.0701. The van der Waals surface area contributed by atoms with Crippen LogP contribution in [0, 0.1) is 11.7 Å². The van der Waals surface area contributed by atoms with Gasteiger partial charge in [0.15, 0.2) is 11.9 Å². The fraction of sp³-hybridized carbons (Fsp3) is 0.513. The number of likely N-dealkylation sites (tertiary alicyclic amines) is 1. The highest BCUT2D eigenvalue weighted by atomic mass is 28.4. The van der Waals surface area contributed by atoms with Gasteiger partial charge in [-0.1, -0.05) is 96.1 Å². The fourth-order valence-electron chi connectivity index (χ4n) is 7.61. The molecule has 0 aliphatic carbocycles. The van der Waals surface area contributed by atoms with Crippen molar-refractivity contribution < 1.29 is 27.8 Å². The Kier molecular flexibility index (Phi) is 13.1. The van der Waals surface area contributed by atoms with Crippen LogP contribution in [0.15, 0.2) is 72.8 Å². The Balaban J connectivity index is 1.64. The number of piperidine rings is 1. The standard InChI is InChI=1S/C39H54FNO5Si/c1-27(2)47(28(3)4,29(5)6)46-35-16-12-15-34(38(35)44-8)36(45-39(42)37(43-7)31-13-10-9-11-14-31)32-22-25-41(26-23-32)24-21-30-17-19-33(40)20-18-30/h9-20,27-29,32,36-37H,21-26H2,1-8H3/t36?,37-/m0/s1. The Bertz CT molecular complexity index is 1380. The molecule has 0 saturated carbocycles. The van der Waals surface area contributed by atoms with Gasteiger partial charge in [-0.2, -0.15) is 0 Å². The van der Waals surface area contributed by atoms with Crippen molar-refractivity contribution in [3.05, 3.63) is 95.3 Å². The molecule has 8 heteroatoms. The molecule has 256 valence electrons. The van der Waals surface area contributed by atoms with E-state index in [-0.39, 0.29) is 11.7 Å².